The zero-order valence-corrected chi connectivity index (χ0v) is 12.9. The Morgan fingerprint density at radius 1 is 1.21 bits per heavy atom. The fourth-order valence-corrected chi connectivity index (χ4v) is 1.36. The minimum Gasteiger partial charge on any atom is -0.378 e. The van der Waals surface area contributed by atoms with Gasteiger partial charge in [-0.3, -0.25) is 9.59 Å². The van der Waals surface area contributed by atoms with E-state index >= 15 is 0 Å². The number of benzene rings is 1. The first-order chi connectivity index (χ1) is 11.3. The number of hydrogen-bond donors (Lipinski definition) is 4. The van der Waals surface area contributed by atoms with Gasteiger partial charge in [0.05, 0.1) is 6.21 Å². The monoisotopic (exact) mass is 336 g/mol. The van der Waals surface area contributed by atoms with Crippen LogP contribution in [0.1, 0.15) is 5.56 Å². The van der Waals surface area contributed by atoms with Gasteiger partial charge in [-0.1, -0.05) is 17.6 Å². The molecule has 0 saturated carbocycles. The first kappa shape index (κ1) is 18.3. The van der Waals surface area contributed by atoms with Gasteiger partial charge < -0.3 is 10.6 Å². The van der Waals surface area contributed by atoms with Crippen molar-refractivity contribution in [2.24, 2.45) is 15.9 Å². The number of carbonyl (C=O) groups excluding carboxylic acids is 2. The minimum absolute atomic E-state index is 0.689. The van der Waals surface area contributed by atoms with Crippen LogP contribution in [-0.2, 0) is 9.59 Å². The van der Waals surface area contributed by atoms with Gasteiger partial charge in [-0.2, -0.15) is 5.10 Å². The molecule has 0 heterocycles. The van der Waals surface area contributed by atoms with Crippen molar-refractivity contribution in [2.75, 3.05) is 19.0 Å². The summed E-state index contributed by atoms with van der Waals surface area (Å²) in [7, 11) is 3.80. The third-order valence-corrected chi connectivity index (χ3v) is 2.48. The number of carbonyl (C=O) groups is 2. The van der Waals surface area contributed by atoms with Crippen molar-refractivity contribution in [1.82, 2.24) is 16.3 Å². The summed E-state index contributed by atoms with van der Waals surface area (Å²) < 4.78 is 0. The third kappa shape index (κ3) is 6.38. The van der Waals surface area contributed by atoms with Gasteiger partial charge in [-0.25, -0.2) is 21.0 Å². The summed E-state index contributed by atoms with van der Waals surface area (Å²) in [4.78, 5) is 34.7. The van der Waals surface area contributed by atoms with E-state index in [1.165, 1.54) is 11.6 Å². The van der Waals surface area contributed by atoms with Crippen LogP contribution in [0.2, 0.25) is 0 Å². The summed E-state index contributed by atoms with van der Waals surface area (Å²) >= 11 is 0. The Morgan fingerprint density at radius 3 is 2.33 bits per heavy atom. The molecule has 1 rings (SSSR count). The number of hydrazone groups is 2. The Kier molecular flexibility index (Phi) is 6.63. The van der Waals surface area contributed by atoms with Crippen LogP contribution in [0, 0.1) is 10.1 Å². The van der Waals surface area contributed by atoms with Crippen LogP contribution in [0.3, 0.4) is 0 Å². The van der Waals surface area contributed by atoms with Gasteiger partial charge >= 0.3 is 11.8 Å². The molecule has 5 N–H and O–H groups in total. The Hall–Kier alpha value is -3.70. The van der Waals surface area contributed by atoms with Crippen LogP contribution in [0.5, 0.6) is 0 Å². The van der Waals surface area contributed by atoms with Crippen LogP contribution in [0.15, 0.2) is 34.5 Å². The zero-order chi connectivity index (χ0) is 18.1. The fraction of sp³-hybridized carbons (Fsp3) is 0.167. The number of guanidine groups is 1. The van der Waals surface area contributed by atoms with Gasteiger partial charge in [0.15, 0.2) is 5.03 Å². The quantitative estimate of drug-likeness (QED) is 0.164. The van der Waals surface area contributed by atoms with Crippen LogP contribution < -0.4 is 26.9 Å². The average molecular weight is 336 g/mol. The number of hydrogen-bond acceptors (Lipinski definition) is 7. The summed E-state index contributed by atoms with van der Waals surface area (Å²) in [6.45, 7) is 0. The predicted octanol–water partition coefficient (Wildman–Crippen LogP) is -1.67. The maximum Gasteiger partial charge on any atom is 0.331 e. The Bertz CT molecular complexity index is 668. The van der Waals surface area contributed by atoms with Crippen LogP contribution in [0.25, 0.3) is 0 Å². The summed E-state index contributed by atoms with van der Waals surface area (Å²) in [5.74, 6) is -3.00. The molecule has 0 fully saturated rings. The van der Waals surface area contributed by atoms with Crippen molar-refractivity contribution in [3.05, 3.63) is 39.9 Å². The molecule has 0 aliphatic heterocycles. The number of nitro groups is 1. The molecular formula is C12H16N8O4. The molecule has 12 nitrogen and oxygen atoms in total. The van der Waals surface area contributed by atoms with Crippen molar-refractivity contribution in [2.45, 2.75) is 0 Å². The zero-order valence-electron chi connectivity index (χ0n) is 12.9. The highest BCUT2D eigenvalue weighted by Crippen LogP contribution is 2.10. The highest BCUT2D eigenvalue weighted by molar-refractivity contribution is 6.35. The molecule has 0 aromatic heterocycles. The molecule has 0 radical (unpaired) electrons. The summed E-state index contributed by atoms with van der Waals surface area (Å²) in [6, 6.07) is 7.27. The largest absolute Gasteiger partial charge is 0.378 e. The number of nitrogens with one attached hydrogen (secondary N) is 3. The number of nitrogens with zero attached hydrogens (tertiary/aromatic N) is 4. The van der Waals surface area contributed by atoms with E-state index in [2.05, 4.69) is 10.2 Å². The third-order valence-electron chi connectivity index (χ3n) is 2.48. The van der Waals surface area contributed by atoms with Gasteiger partial charge in [0.1, 0.15) is 0 Å². The highest BCUT2D eigenvalue weighted by atomic mass is 16.7. The van der Waals surface area contributed by atoms with Crippen molar-refractivity contribution >= 4 is 29.7 Å². The molecule has 128 valence electrons. The van der Waals surface area contributed by atoms with E-state index in [4.69, 9.17) is 5.73 Å². The number of anilines is 1. The maximum atomic E-state index is 11.4. The number of hydrazine groups is 1. The van der Waals surface area contributed by atoms with Crippen molar-refractivity contribution < 1.29 is 14.6 Å². The van der Waals surface area contributed by atoms with Gasteiger partial charge in [0.25, 0.3) is 5.96 Å². The molecular weight excluding hydrogens is 320 g/mol. The average Bonchev–Trinajstić information content (AvgIpc) is 2.52. The molecule has 0 atom stereocenters. The molecule has 0 bridgehead atoms. The van der Waals surface area contributed by atoms with E-state index in [-0.39, 0.29) is 0 Å². The lowest BCUT2D eigenvalue weighted by Crippen LogP contribution is -2.41. The Balaban J connectivity index is 2.49. The normalized spacial score (nSPS) is 11.0. The van der Waals surface area contributed by atoms with Gasteiger partial charge in [-0.05, 0) is 17.7 Å². The van der Waals surface area contributed by atoms with Gasteiger partial charge in [-0.15, -0.1) is 5.10 Å². The van der Waals surface area contributed by atoms with E-state index in [1.807, 2.05) is 36.6 Å². The molecule has 2 amide bonds. The summed E-state index contributed by atoms with van der Waals surface area (Å²) in [5.41, 5.74) is 11.9. The second-order valence-electron chi connectivity index (χ2n) is 4.49. The summed E-state index contributed by atoms with van der Waals surface area (Å²) in [5, 5.41) is 15.8. The van der Waals surface area contributed by atoms with E-state index in [1.54, 1.807) is 17.6 Å². The Labute approximate surface area is 136 Å². The summed E-state index contributed by atoms with van der Waals surface area (Å²) in [6.07, 6.45) is 1.34. The molecule has 0 spiro atoms. The van der Waals surface area contributed by atoms with E-state index in [0.29, 0.717) is 5.56 Å². The fourth-order valence-electron chi connectivity index (χ4n) is 1.36. The van der Waals surface area contributed by atoms with Crippen molar-refractivity contribution in [3.8, 4) is 0 Å². The van der Waals surface area contributed by atoms with E-state index in [0.717, 1.165) is 5.69 Å². The second kappa shape index (κ2) is 8.67. The van der Waals surface area contributed by atoms with Crippen LogP contribution in [-0.4, -0.2) is 43.1 Å². The van der Waals surface area contributed by atoms with Gasteiger partial charge in [0.2, 0.25) is 0 Å². The maximum absolute atomic E-state index is 11.4. The lowest BCUT2D eigenvalue weighted by Gasteiger charge is -2.11. The predicted molar refractivity (Wildman–Crippen MR) is 86.4 cm³/mol. The Morgan fingerprint density at radius 2 is 1.79 bits per heavy atom. The molecule has 0 aliphatic carbocycles. The molecule has 0 unspecified atom stereocenters. The number of rotatable bonds is 5. The molecule has 12 heteroatoms. The van der Waals surface area contributed by atoms with E-state index in [9.17, 15) is 19.7 Å². The molecule has 1 aromatic carbocycles. The highest BCUT2D eigenvalue weighted by Gasteiger charge is 2.12. The topological polar surface area (TPSA) is 167 Å². The van der Waals surface area contributed by atoms with Crippen molar-refractivity contribution in [3.63, 3.8) is 0 Å². The van der Waals surface area contributed by atoms with Crippen molar-refractivity contribution in [1.29, 1.82) is 0 Å². The lowest BCUT2D eigenvalue weighted by molar-refractivity contribution is -0.525. The van der Waals surface area contributed by atoms with E-state index < -0.39 is 22.8 Å². The lowest BCUT2D eigenvalue weighted by atomic mass is 10.2. The smallest absolute Gasteiger partial charge is 0.331 e. The molecule has 1 aromatic rings. The molecule has 0 aliphatic rings. The molecule has 0 saturated heterocycles. The van der Waals surface area contributed by atoms with Crippen LogP contribution in [0.4, 0.5) is 5.69 Å². The SMILES string of the molecule is CN(C)c1ccc(/C=N\NC(=O)C(=O)NN=C(N)N[N+](=O)[O-])cc1. The number of amides is 2. The first-order valence-corrected chi connectivity index (χ1v) is 6.44. The number of nitrogens with two attached hydrogens (primary N) is 1. The standard InChI is InChI=1S/C12H16N8O4/c1-19(2)9-5-3-8(4-6-9)7-14-15-10(21)11(22)16-17-12(13)18-20(23)24/h3-7H,1-2H3,(H,15,21)(H,16,22)(H3,13,17,18)/b14-7-. The first-order valence-electron chi connectivity index (χ1n) is 6.44. The molecule has 24 heavy (non-hydrogen) atoms. The van der Waals surface area contributed by atoms with Crippen LogP contribution >= 0.6 is 0 Å². The minimum atomic E-state index is -1.19. The second-order valence-corrected chi connectivity index (χ2v) is 4.49. The van der Waals surface area contributed by atoms with Gasteiger partial charge in [0, 0.05) is 19.8 Å².